The van der Waals surface area contributed by atoms with Crippen molar-refractivity contribution in [3.05, 3.63) is 76.3 Å². The molecule has 2 aromatic heterocycles. The van der Waals surface area contributed by atoms with Crippen LogP contribution in [0.5, 0.6) is 17.4 Å². The number of aromatic nitrogens is 4. The van der Waals surface area contributed by atoms with E-state index in [0.29, 0.717) is 34.2 Å². The molecule has 0 saturated heterocycles. The van der Waals surface area contributed by atoms with Crippen molar-refractivity contribution in [2.24, 2.45) is 0 Å². The van der Waals surface area contributed by atoms with Gasteiger partial charge in [0.25, 0.3) is 10.0 Å². The van der Waals surface area contributed by atoms with E-state index in [1.165, 1.54) is 12.4 Å². The highest BCUT2D eigenvalue weighted by molar-refractivity contribution is 9.10. The number of benzene rings is 2. The molecule has 0 amide bonds. The van der Waals surface area contributed by atoms with E-state index in [4.69, 9.17) is 9.47 Å². The Kier molecular flexibility index (Phi) is 7.08. The highest BCUT2D eigenvalue weighted by Crippen LogP contribution is 2.30. The van der Waals surface area contributed by atoms with Crippen molar-refractivity contribution in [2.75, 3.05) is 11.3 Å². The molecule has 35 heavy (non-hydrogen) atoms. The molecule has 0 aliphatic heterocycles. The molecule has 0 spiro atoms. The zero-order chi connectivity index (χ0) is 25.2. The monoisotopic (exact) mass is 557 g/mol. The molecule has 1 N–H and O–H groups in total. The zero-order valence-electron chi connectivity index (χ0n) is 19.6. The average Bonchev–Trinajstić information content (AvgIpc) is 3.09. The lowest BCUT2D eigenvalue weighted by Gasteiger charge is -2.13. The Bertz CT molecular complexity index is 1470. The molecular formula is C24H24BrN5O4S. The minimum absolute atomic E-state index is 0.0435. The summed E-state index contributed by atoms with van der Waals surface area (Å²) in [6.45, 7) is 8.07. The minimum atomic E-state index is -3.88. The van der Waals surface area contributed by atoms with Gasteiger partial charge in [-0.05, 0) is 75.7 Å². The number of nitrogens with one attached hydrogen (secondary N) is 1. The first-order chi connectivity index (χ1) is 16.7. The van der Waals surface area contributed by atoms with Crippen molar-refractivity contribution in [1.82, 2.24) is 19.7 Å². The van der Waals surface area contributed by atoms with Gasteiger partial charge >= 0.3 is 0 Å². The van der Waals surface area contributed by atoms with Crippen LogP contribution in [0.2, 0.25) is 0 Å². The highest BCUT2D eigenvalue weighted by atomic mass is 79.9. The van der Waals surface area contributed by atoms with Crippen molar-refractivity contribution in [1.29, 1.82) is 0 Å². The SMILES string of the molecule is CCOc1ccc(Br)cc1S(=O)(=O)Nc1ccc(Oc2cc(-n3nc(C)c(C)c3C)ncn2)cc1. The molecule has 4 rings (SSSR count). The first kappa shape index (κ1) is 24.7. The second-order valence-corrected chi connectivity index (χ2v) is 10.2. The Morgan fingerprint density at radius 2 is 1.77 bits per heavy atom. The van der Waals surface area contributed by atoms with Gasteiger partial charge < -0.3 is 9.47 Å². The van der Waals surface area contributed by atoms with Gasteiger partial charge in [0, 0.05) is 21.9 Å². The molecule has 182 valence electrons. The first-order valence-corrected chi connectivity index (χ1v) is 13.0. The van der Waals surface area contributed by atoms with Crippen molar-refractivity contribution >= 4 is 31.6 Å². The minimum Gasteiger partial charge on any atom is -0.492 e. The quantitative estimate of drug-likeness (QED) is 0.311. The molecule has 2 aromatic carbocycles. The number of aryl methyl sites for hydroxylation is 1. The van der Waals surface area contributed by atoms with Crippen LogP contribution in [-0.4, -0.2) is 34.8 Å². The topological polar surface area (TPSA) is 108 Å². The van der Waals surface area contributed by atoms with Crippen molar-refractivity contribution in [3.63, 3.8) is 0 Å². The van der Waals surface area contributed by atoms with Crippen LogP contribution in [-0.2, 0) is 10.0 Å². The van der Waals surface area contributed by atoms with Gasteiger partial charge in [0.05, 0.1) is 12.3 Å². The number of rotatable bonds is 8. The maximum absolute atomic E-state index is 13.0. The summed E-state index contributed by atoms with van der Waals surface area (Å²) in [7, 11) is -3.88. The summed E-state index contributed by atoms with van der Waals surface area (Å²) in [5.74, 6) is 1.69. The molecule has 0 unspecified atom stereocenters. The van der Waals surface area contributed by atoms with E-state index < -0.39 is 10.0 Å². The zero-order valence-corrected chi connectivity index (χ0v) is 22.0. The van der Waals surface area contributed by atoms with Crippen LogP contribution in [0.15, 0.2) is 64.2 Å². The average molecular weight is 558 g/mol. The molecule has 0 aliphatic carbocycles. The molecule has 0 fully saturated rings. The number of hydrogen-bond donors (Lipinski definition) is 1. The molecule has 9 nitrogen and oxygen atoms in total. The second-order valence-electron chi connectivity index (χ2n) is 7.68. The Hall–Kier alpha value is -3.44. The van der Waals surface area contributed by atoms with Crippen LogP contribution in [0.25, 0.3) is 5.82 Å². The predicted octanol–water partition coefficient (Wildman–Crippen LogP) is 5.34. The third-order valence-electron chi connectivity index (χ3n) is 5.32. The van der Waals surface area contributed by atoms with Gasteiger partial charge in [-0.25, -0.2) is 23.1 Å². The molecule has 0 bridgehead atoms. The number of hydrogen-bond acceptors (Lipinski definition) is 7. The number of sulfonamides is 1. The lowest BCUT2D eigenvalue weighted by atomic mass is 10.2. The molecule has 0 atom stereocenters. The summed E-state index contributed by atoms with van der Waals surface area (Å²) in [6, 6.07) is 13.1. The van der Waals surface area contributed by atoms with E-state index in [-0.39, 0.29) is 10.6 Å². The number of nitrogens with zero attached hydrogens (tertiary/aromatic N) is 4. The van der Waals surface area contributed by atoms with Gasteiger partial charge in [-0.2, -0.15) is 5.10 Å². The van der Waals surface area contributed by atoms with Crippen molar-refractivity contribution in [3.8, 4) is 23.2 Å². The van der Waals surface area contributed by atoms with Crippen LogP contribution >= 0.6 is 15.9 Å². The van der Waals surface area contributed by atoms with Crippen LogP contribution in [0.4, 0.5) is 5.69 Å². The largest absolute Gasteiger partial charge is 0.492 e. The first-order valence-electron chi connectivity index (χ1n) is 10.8. The molecular weight excluding hydrogens is 534 g/mol. The van der Waals surface area contributed by atoms with Gasteiger partial charge in [-0.3, -0.25) is 4.72 Å². The predicted molar refractivity (Wildman–Crippen MR) is 136 cm³/mol. The Morgan fingerprint density at radius 3 is 2.43 bits per heavy atom. The lowest BCUT2D eigenvalue weighted by Crippen LogP contribution is -2.14. The fourth-order valence-electron chi connectivity index (χ4n) is 3.33. The van der Waals surface area contributed by atoms with E-state index in [1.807, 2.05) is 20.8 Å². The van der Waals surface area contributed by atoms with E-state index in [9.17, 15) is 8.42 Å². The third-order valence-corrected chi connectivity index (χ3v) is 7.22. The normalized spacial score (nSPS) is 11.3. The van der Waals surface area contributed by atoms with Crippen LogP contribution in [0, 0.1) is 20.8 Å². The van der Waals surface area contributed by atoms with Gasteiger partial charge in [0.1, 0.15) is 22.7 Å². The highest BCUT2D eigenvalue weighted by Gasteiger charge is 2.20. The molecule has 0 radical (unpaired) electrons. The lowest BCUT2D eigenvalue weighted by molar-refractivity contribution is 0.331. The maximum atomic E-state index is 13.0. The van der Waals surface area contributed by atoms with Gasteiger partial charge in [-0.1, -0.05) is 15.9 Å². The Balaban J connectivity index is 1.51. The molecule has 0 aliphatic rings. The summed E-state index contributed by atoms with van der Waals surface area (Å²) in [6.07, 6.45) is 1.41. The second kappa shape index (κ2) is 10.0. The molecule has 4 aromatic rings. The summed E-state index contributed by atoms with van der Waals surface area (Å²) < 4.78 is 42.3. The standard InChI is InChI=1S/C24H24BrN5O4S/c1-5-33-21-11-6-18(25)12-22(21)35(31,32)29-19-7-9-20(10-8-19)34-24-13-23(26-14-27-24)30-17(4)15(2)16(3)28-30/h6-14,29H,5H2,1-4H3. The van der Waals surface area contributed by atoms with Crippen molar-refractivity contribution in [2.45, 2.75) is 32.6 Å². The van der Waals surface area contributed by atoms with Crippen LogP contribution in [0.3, 0.4) is 0 Å². The summed E-state index contributed by atoms with van der Waals surface area (Å²) in [5.41, 5.74) is 3.39. The van der Waals surface area contributed by atoms with E-state index in [0.717, 1.165) is 17.0 Å². The molecule has 2 heterocycles. The van der Waals surface area contributed by atoms with Crippen LogP contribution < -0.4 is 14.2 Å². The number of ether oxygens (including phenoxy) is 2. The fourth-order valence-corrected chi connectivity index (χ4v) is 5.08. The smallest absolute Gasteiger partial charge is 0.265 e. The number of anilines is 1. The van der Waals surface area contributed by atoms with Gasteiger partial charge in [0.15, 0.2) is 5.82 Å². The summed E-state index contributed by atoms with van der Waals surface area (Å²) in [4.78, 5) is 8.51. The van der Waals surface area contributed by atoms with Gasteiger partial charge in [0.2, 0.25) is 5.88 Å². The maximum Gasteiger partial charge on any atom is 0.265 e. The molecule has 0 saturated carbocycles. The summed E-state index contributed by atoms with van der Waals surface area (Å²) >= 11 is 3.31. The Morgan fingerprint density at radius 1 is 1.03 bits per heavy atom. The summed E-state index contributed by atoms with van der Waals surface area (Å²) in [5, 5.41) is 4.52. The number of halogens is 1. The fraction of sp³-hybridized carbons (Fsp3) is 0.208. The van der Waals surface area contributed by atoms with Crippen LogP contribution in [0.1, 0.15) is 23.9 Å². The van der Waals surface area contributed by atoms with E-state index in [2.05, 4.69) is 35.7 Å². The van der Waals surface area contributed by atoms with E-state index in [1.54, 1.807) is 54.1 Å². The Labute approximate surface area is 212 Å². The third kappa shape index (κ3) is 5.46. The van der Waals surface area contributed by atoms with Gasteiger partial charge in [-0.15, -0.1) is 0 Å². The van der Waals surface area contributed by atoms with E-state index >= 15 is 0 Å². The molecule has 11 heteroatoms. The van der Waals surface area contributed by atoms with Crippen molar-refractivity contribution < 1.29 is 17.9 Å².